The lowest BCUT2D eigenvalue weighted by Gasteiger charge is -2.02. The van der Waals surface area contributed by atoms with Crippen molar-refractivity contribution in [2.75, 3.05) is 0 Å². The van der Waals surface area contributed by atoms with Crippen LogP contribution in [0.2, 0.25) is 0 Å². The molecule has 25 heavy (non-hydrogen) atoms. The van der Waals surface area contributed by atoms with Crippen molar-refractivity contribution in [2.24, 2.45) is 0 Å². The number of nitro groups is 1. The maximum atomic E-state index is 12.8. The molecular weight excluding hydrogens is 335 g/mol. The van der Waals surface area contributed by atoms with Crippen molar-refractivity contribution in [1.29, 1.82) is 0 Å². The molecule has 0 saturated carbocycles. The fourth-order valence-corrected chi connectivity index (χ4v) is 2.00. The van der Waals surface area contributed by atoms with Crippen LogP contribution >= 0.6 is 0 Å². The van der Waals surface area contributed by atoms with Crippen molar-refractivity contribution in [3.8, 4) is 5.75 Å². The standard InChI is InChI=1S/C15H11FN4O5/c16-10-1-3-11(4-2-10)24-9-14-17-15(25-18-14)8-19-6-5-13(21)12(7-19)20(22)23/h1-7H,8-9H2. The van der Waals surface area contributed by atoms with Crippen LogP contribution in [-0.2, 0) is 13.2 Å². The molecular formula is C15H11FN4O5. The molecule has 9 nitrogen and oxygen atoms in total. The summed E-state index contributed by atoms with van der Waals surface area (Å²) in [5.41, 5.74) is -1.22. The average Bonchev–Trinajstić information content (AvgIpc) is 3.03. The summed E-state index contributed by atoms with van der Waals surface area (Å²) >= 11 is 0. The number of hydrogen-bond donors (Lipinski definition) is 0. The number of benzene rings is 1. The molecule has 10 heteroatoms. The van der Waals surface area contributed by atoms with Crippen molar-refractivity contribution in [1.82, 2.24) is 14.7 Å². The number of hydrogen-bond acceptors (Lipinski definition) is 7. The first kappa shape index (κ1) is 16.3. The normalized spacial score (nSPS) is 10.6. The van der Waals surface area contributed by atoms with Gasteiger partial charge < -0.3 is 13.8 Å². The molecule has 1 aromatic carbocycles. The van der Waals surface area contributed by atoms with E-state index in [1.54, 1.807) is 0 Å². The second-order valence-corrected chi connectivity index (χ2v) is 4.97. The zero-order valence-corrected chi connectivity index (χ0v) is 12.7. The van der Waals surface area contributed by atoms with Crippen LogP contribution in [0.25, 0.3) is 0 Å². The van der Waals surface area contributed by atoms with Gasteiger partial charge in [-0.2, -0.15) is 4.98 Å². The molecule has 0 radical (unpaired) electrons. The number of pyridine rings is 1. The maximum Gasteiger partial charge on any atom is 0.332 e. The van der Waals surface area contributed by atoms with E-state index in [-0.39, 0.29) is 30.7 Å². The number of ether oxygens (including phenoxy) is 1. The summed E-state index contributed by atoms with van der Waals surface area (Å²) in [5.74, 6) is 0.527. The van der Waals surface area contributed by atoms with Gasteiger partial charge in [-0.25, -0.2) is 4.39 Å². The zero-order chi connectivity index (χ0) is 17.8. The van der Waals surface area contributed by atoms with Crippen LogP contribution in [0, 0.1) is 15.9 Å². The van der Waals surface area contributed by atoms with Gasteiger partial charge in [0.2, 0.25) is 11.7 Å². The first-order valence-electron chi connectivity index (χ1n) is 7.05. The van der Waals surface area contributed by atoms with E-state index in [0.29, 0.717) is 5.75 Å². The van der Waals surface area contributed by atoms with Crippen molar-refractivity contribution in [3.05, 3.63) is 80.6 Å². The fourth-order valence-electron chi connectivity index (χ4n) is 2.00. The Bertz CT molecular complexity index is 951. The third-order valence-electron chi connectivity index (χ3n) is 3.16. The van der Waals surface area contributed by atoms with Gasteiger partial charge in [0.25, 0.3) is 5.43 Å². The highest BCUT2D eigenvalue weighted by molar-refractivity contribution is 5.25. The number of nitrogens with zero attached hydrogens (tertiary/aromatic N) is 4. The van der Waals surface area contributed by atoms with Gasteiger partial charge in [-0.15, -0.1) is 0 Å². The minimum atomic E-state index is -0.755. The lowest BCUT2D eigenvalue weighted by atomic mass is 10.3. The average molecular weight is 346 g/mol. The highest BCUT2D eigenvalue weighted by Crippen LogP contribution is 2.13. The molecule has 0 atom stereocenters. The molecule has 0 amide bonds. The second kappa shape index (κ2) is 6.91. The van der Waals surface area contributed by atoms with Crippen molar-refractivity contribution < 1.29 is 18.6 Å². The third-order valence-corrected chi connectivity index (χ3v) is 3.16. The van der Waals surface area contributed by atoms with Gasteiger partial charge in [0.15, 0.2) is 6.61 Å². The summed E-state index contributed by atoms with van der Waals surface area (Å²) in [6.45, 7) is 0.0735. The number of halogens is 1. The predicted molar refractivity (Wildman–Crippen MR) is 81.5 cm³/mol. The van der Waals surface area contributed by atoms with E-state index in [1.807, 2.05) is 0 Å². The van der Waals surface area contributed by atoms with Crippen LogP contribution in [0.15, 0.2) is 52.0 Å². The summed E-state index contributed by atoms with van der Waals surface area (Å²) in [4.78, 5) is 25.5. The summed E-state index contributed by atoms with van der Waals surface area (Å²) in [5, 5.41) is 14.5. The van der Waals surface area contributed by atoms with E-state index in [4.69, 9.17) is 9.26 Å². The van der Waals surface area contributed by atoms with Gasteiger partial charge in [-0.1, -0.05) is 5.16 Å². The van der Waals surface area contributed by atoms with Crippen molar-refractivity contribution in [2.45, 2.75) is 13.2 Å². The van der Waals surface area contributed by atoms with Gasteiger partial charge in [-0.05, 0) is 24.3 Å². The molecule has 0 aliphatic rings. The van der Waals surface area contributed by atoms with Crippen LogP contribution in [-0.4, -0.2) is 19.6 Å². The molecule has 3 rings (SSSR count). The Balaban J connectivity index is 1.65. The summed E-state index contributed by atoms with van der Waals surface area (Å²) in [6, 6.07) is 6.55. The molecule has 0 bridgehead atoms. The first-order valence-corrected chi connectivity index (χ1v) is 7.05. The predicted octanol–water partition coefficient (Wildman–Crippen LogP) is 1.91. The van der Waals surface area contributed by atoms with Gasteiger partial charge in [0.05, 0.1) is 11.1 Å². The minimum absolute atomic E-state index is 0.0133. The molecule has 128 valence electrons. The number of aromatic nitrogens is 3. The van der Waals surface area contributed by atoms with Crippen LogP contribution in [0.1, 0.15) is 11.7 Å². The van der Waals surface area contributed by atoms with E-state index in [1.165, 1.54) is 35.0 Å². The smallest absolute Gasteiger partial charge is 0.332 e. The van der Waals surface area contributed by atoms with E-state index >= 15 is 0 Å². The van der Waals surface area contributed by atoms with Crippen LogP contribution in [0.4, 0.5) is 10.1 Å². The Labute approximate surface area is 139 Å². The molecule has 0 aliphatic heterocycles. The van der Waals surface area contributed by atoms with Crippen molar-refractivity contribution >= 4 is 5.69 Å². The minimum Gasteiger partial charge on any atom is -0.485 e. The van der Waals surface area contributed by atoms with Gasteiger partial charge in [0, 0.05) is 12.3 Å². The fraction of sp³-hybridized carbons (Fsp3) is 0.133. The lowest BCUT2D eigenvalue weighted by Crippen LogP contribution is -2.11. The first-order chi connectivity index (χ1) is 12.0. The van der Waals surface area contributed by atoms with Gasteiger partial charge >= 0.3 is 5.69 Å². The zero-order valence-electron chi connectivity index (χ0n) is 12.7. The Morgan fingerprint density at radius 1 is 1.28 bits per heavy atom. The van der Waals surface area contributed by atoms with Crippen molar-refractivity contribution in [3.63, 3.8) is 0 Å². The second-order valence-electron chi connectivity index (χ2n) is 4.97. The topological polar surface area (TPSA) is 113 Å². The number of rotatable bonds is 6. The molecule has 0 fully saturated rings. The van der Waals surface area contributed by atoms with E-state index in [9.17, 15) is 19.3 Å². The van der Waals surface area contributed by atoms with Crippen LogP contribution in [0.5, 0.6) is 5.75 Å². The molecule has 0 unspecified atom stereocenters. The largest absolute Gasteiger partial charge is 0.485 e. The summed E-state index contributed by atoms with van der Waals surface area (Å²) in [6.07, 6.45) is 2.48. The molecule has 3 aromatic rings. The molecule has 2 aromatic heterocycles. The highest BCUT2D eigenvalue weighted by atomic mass is 19.1. The molecule has 0 saturated heterocycles. The van der Waals surface area contributed by atoms with E-state index in [2.05, 4.69) is 10.1 Å². The highest BCUT2D eigenvalue weighted by Gasteiger charge is 2.13. The molecule has 2 heterocycles. The Kier molecular flexibility index (Phi) is 4.50. The summed E-state index contributed by atoms with van der Waals surface area (Å²) in [7, 11) is 0. The monoisotopic (exact) mass is 346 g/mol. The SMILES string of the molecule is O=c1ccn(Cc2nc(COc3ccc(F)cc3)no2)cc1[N+](=O)[O-]. The Morgan fingerprint density at radius 2 is 2.04 bits per heavy atom. The quantitative estimate of drug-likeness (QED) is 0.495. The molecule has 0 aliphatic carbocycles. The summed E-state index contributed by atoms with van der Waals surface area (Å²) < 4.78 is 24.6. The van der Waals surface area contributed by atoms with Crippen LogP contribution < -0.4 is 10.2 Å². The third kappa shape index (κ3) is 4.05. The maximum absolute atomic E-state index is 12.8. The van der Waals surface area contributed by atoms with Gasteiger partial charge in [0.1, 0.15) is 18.1 Å². The lowest BCUT2D eigenvalue weighted by molar-refractivity contribution is -0.386. The van der Waals surface area contributed by atoms with Gasteiger partial charge in [-0.3, -0.25) is 14.9 Å². The van der Waals surface area contributed by atoms with E-state index < -0.39 is 16.0 Å². The Morgan fingerprint density at radius 3 is 2.76 bits per heavy atom. The Hall–Kier alpha value is -3.56. The van der Waals surface area contributed by atoms with Crippen LogP contribution in [0.3, 0.4) is 0 Å². The van der Waals surface area contributed by atoms with E-state index in [0.717, 1.165) is 12.3 Å². The molecule has 0 N–H and O–H groups in total. The molecule has 0 spiro atoms.